The van der Waals surface area contributed by atoms with Crippen LogP contribution in [-0.2, 0) is 4.79 Å². The van der Waals surface area contributed by atoms with Gasteiger partial charge >= 0.3 is 5.97 Å². The molecule has 86 valence electrons. The SMILES string of the molecule is CCOc1cc(/C=C\C(=O)O)ccc1OC. The number of carbonyl (C=O) groups is 1. The molecule has 0 aromatic heterocycles. The number of carboxylic acids is 1. The Bertz CT molecular complexity index is 396. The number of hydrogen-bond acceptors (Lipinski definition) is 3. The van der Waals surface area contributed by atoms with Gasteiger partial charge in [0, 0.05) is 6.08 Å². The predicted octanol–water partition coefficient (Wildman–Crippen LogP) is 2.19. The summed E-state index contributed by atoms with van der Waals surface area (Å²) in [4.78, 5) is 10.4. The van der Waals surface area contributed by atoms with Gasteiger partial charge in [-0.15, -0.1) is 0 Å². The van der Waals surface area contributed by atoms with Gasteiger partial charge in [-0.2, -0.15) is 0 Å². The molecule has 0 radical (unpaired) electrons. The van der Waals surface area contributed by atoms with E-state index in [1.807, 2.05) is 6.92 Å². The Balaban J connectivity index is 2.96. The first-order valence-corrected chi connectivity index (χ1v) is 4.89. The van der Waals surface area contributed by atoms with Crippen molar-refractivity contribution in [2.75, 3.05) is 13.7 Å². The van der Waals surface area contributed by atoms with Crippen LogP contribution in [0.3, 0.4) is 0 Å². The number of aliphatic carboxylic acids is 1. The smallest absolute Gasteiger partial charge is 0.328 e. The minimum Gasteiger partial charge on any atom is -0.493 e. The maximum Gasteiger partial charge on any atom is 0.328 e. The summed E-state index contributed by atoms with van der Waals surface area (Å²) in [5, 5.41) is 8.51. The molecule has 1 aromatic carbocycles. The normalized spacial score (nSPS) is 10.4. The third kappa shape index (κ3) is 3.31. The van der Waals surface area contributed by atoms with Crippen molar-refractivity contribution < 1.29 is 19.4 Å². The summed E-state index contributed by atoms with van der Waals surface area (Å²) in [6, 6.07) is 5.25. The van der Waals surface area contributed by atoms with Crippen molar-refractivity contribution in [1.82, 2.24) is 0 Å². The number of carboxylic acid groups (broad SMARTS) is 1. The largest absolute Gasteiger partial charge is 0.493 e. The predicted molar refractivity (Wildman–Crippen MR) is 60.8 cm³/mol. The van der Waals surface area contributed by atoms with Gasteiger partial charge in [0.05, 0.1) is 13.7 Å². The van der Waals surface area contributed by atoms with Gasteiger partial charge in [0.1, 0.15) is 0 Å². The average Bonchev–Trinajstić information content (AvgIpc) is 2.27. The zero-order valence-corrected chi connectivity index (χ0v) is 9.27. The molecule has 0 amide bonds. The maximum atomic E-state index is 10.4. The van der Waals surface area contributed by atoms with Crippen LogP contribution in [0.4, 0.5) is 0 Å². The Hall–Kier alpha value is -1.97. The van der Waals surface area contributed by atoms with Crippen LogP contribution in [0.15, 0.2) is 24.3 Å². The van der Waals surface area contributed by atoms with Crippen molar-refractivity contribution in [2.45, 2.75) is 6.92 Å². The Morgan fingerprint density at radius 1 is 1.44 bits per heavy atom. The van der Waals surface area contributed by atoms with E-state index >= 15 is 0 Å². The number of rotatable bonds is 5. The summed E-state index contributed by atoms with van der Waals surface area (Å²) in [7, 11) is 1.56. The van der Waals surface area contributed by atoms with Crippen LogP contribution in [-0.4, -0.2) is 24.8 Å². The molecule has 0 bridgehead atoms. The van der Waals surface area contributed by atoms with E-state index in [4.69, 9.17) is 14.6 Å². The zero-order valence-electron chi connectivity index (χ0n) is 9.27. The van der Waals surface area contributed by atoms with E-state index in [0.717, 1.165) is 11.6 Å². The van der Waals surface area contributed by atoms with Crippen LogP contribution in [0.2, 0.25) is 0 Å². The van der Waals surface area contributed by atoms with Crippen molar-refractivity contribution in [1.29, 1.82) is 0 Å². The standard InChI is InChI=1S/C12H14O4/c1-3-16-11-8-9(5-7-12(13)14)4-6-10(11)15-2/h4-8H,3H2,1-2H3,(H,13,14)/b7-5-. The van der Waals surface area contributed by atoms with Crippen molar-refractivity contribution in [3.05, 3.63) is 29.8 Å². The quantitative estimate of drug-likeness (QED) is 0.776. The molecule has 0 atom stereocenters. The first kappa shape index (κ1) is 12.1. The van der Waals surface area contributed by atoms with Crippen molar-refractivity contribution in [2.24, 2.45) is 0 Å². The molecule has 0 aliphatic rings. The third-order valence-corrected chi connectivity index (χ3v) is 1.91. The summed E-state index contributed by atoms with van der Waals surface area (Å²) in [5.41, 5.74) is 0.756. The van der Waals surface area contributed by atoms with Crippen LogP contribution < -0.4 is 9.47 Å². The molecule has 0 unspecified atom stereocenters. The maximum absolute atomic E-state index is 10.4. The summed E-state index contributed by atoms with van der Waals surface area (Å²) in [6.07, 6.45) is 2.59. The van der Waals surface area contributed by atoms with Gasteiger partial charge in [-0.25, -0.2) is 4.79 Å². The number of ether oxygens (including phenoxy) is 2. The van der Waals surface area contributed by atoms with Crippen molar-refractivity contribution in [3.8, 4) is 11.5 Å². The molecular formula is C12H14O4. The van der Waals surface area contributed by atoms with Gasteiger partial charge in [-0.05, 0) is 30.7 Å². The second-order valence-electron chi connectivity index (χ2n) is 3.01. The molecule has 0 fully saturated rings. The summed E-state index contributed by atoms with van der Waals surface area (Å²) >= 11 is 0. The molecule has 0 spiro atoms. The molecule has 4 nitrogen and oxygen atoms in total. The first-order chi connectivity index (χ1) is 7.67. The lowest BCUT2D eigenvalue weighted by Crippen LogP contribution is -1.95. The van der Waals surface area contributed by atoms with Gasteiger partial charge in [0.25, 0.3) is 0 Å². The lowest BCUT2D eigenvalue weighted by Gasteiger charge is -2.09. The zero-order chi connectivity index (χ0) is 12.0. The van der Waals surface area contributed by atoms with Gasteiger partial charge in [0.2, 0.25) is 0 Å². The van der Waals surface area contributed by atoms with E-state index in [1.54, 1.807) is 25.3 Å². The lowest BCUT2D eigenvalue weighted by molar-refractivity contribution is -0.131. The highest BCUT2D eigenvalue weighted by molar-refractivity contribution is 5.85. The van der Waals surface area contributed by atoms with E-state index in [9.17, 15) is 4.79 Å². The highest BCUT2D eigenvalue weighted by Crippen LogP contribution is 2.28. The molecule has 0 saturated heterocycles. The lowest BCUT2D eigenvalue weighted by atomic mass is 10.2. The van der Waals surface area contributed by atoms with Crippen LogP contribution in [0.25, 0.3) is 6.08 Å². The fourth-order valence-corrected chi connectivity index (χ4v) is 1.23. The number of methoxy groups -OCH3 is 1. The highest BCUT2D eigenvalue weighted by atomic mass is 16.5. The molecule has 0 saturated carbocycles. The van der Waals surface area contributed by atoms with Crippen LogP contribution in [0.5, 0.6) is 11.5 Å². The Labute approximate surface area is 94.1 Å². The van der Waals surface area contributed by atoms with E-state index in [1.165, 1.54) is 6.08 Å². The summed E-state index contributed by atoms with van der Waals surface area (Å²) in [6.45, 7) is 2.40. The van der Waals surface area contributed by atoms with Crippen molar-refractivity contribution in [3.63, 3.8) is 0 Å². The molecular weight excluding hydrogens is 208 g/mol. The van der Waals surface area contributed by atoms with Gasteiger partial charge in [0.15, 0.2) is 11.5 Å². The van der Waals surface area contributed by atoms with E-state index in [-0.39, 0.29) is 0 Å². The van der Waals surface area contributed by atoms with Crippen LogP contribution in [0, 0.1) is 0 Å². The first-order valence-electron chi connectivity index (χ1n) is 4.89. The fraction of sp³-hybridized carbons (Fsp3) is 0.250. The number of benzene rings is 1. The minimum absolute atomic E-state index is 0.530. The monoisotopic (exact) mass is 222 g/mol. The molecule has 0 aliphatic heterocycles. The average molecular weight is 222 g/mol. The van der Waals surface area contributed by atoms with E-state index in [2.05, 4.69) is 0 Å². The molecule has 1 N–H and O–H groups in total. The Morgan fingerprint density at radius 3 is 2.75 bits per heavy atom. The van der Waals surface area contributed by atoms with Crippen molar-refractivity contribution >= 4 is 12.0 Å². The van der Waals surface area contributed by atoms with E-state index in [0.29, 0.717) is 18.1 Å². The number of hydrogen-bond donors (Lipinski definition) is 1. The van der Waals surface area contributed by atoms with Crippen LogP contribution in [0.1, 0.15) is 12.5 Å². The Kier molecular flexibility index (Phi) is 4.39. The van der Waals surface area contributed by atoms with Gasteiger partial charge < -0.3 is 14.6 Å². The minimum atomic E-state index is -0.978. The molecule has 4 heteroatoms. The third-order valence-electron chi connectivity index (χ3n) is 1.91. The summed E-state index contributed by atoms with van der Waals surface area (Å²) in [5.74, 6) is 0.264. The molecule has 1 aromatic rings. The second kappa shape index (κ2) is 5.80. The topological polar surface area (TPSA) is 55.8 Å². The molecule has 1 rings (SSSR count). The van der Waals surface area contributed by atoms with Crippen LogP contribution >= 0.6 is 0 Å². The highest BCUT2D eigenvalue weighted by Gasteiger charge is 2.03. The Morgan fingerprint density at radius 2 is 2.19 bits per heavy atom. The molecule has 0 aliphatic carbocycles. The van der Waals surface area contributed by atoms with Gasteiger partial charge in [-0.1, -0.05) is 6.07 Å². The van der Waals surface area contributed by atoms with E-state index < -0.39 is 5.97 Å². The molecule has 0 heterocycles. The van der Waals surface area contributed by atoms with Gasteiger partial charge in [-0.3, -0.25) is 0 Å². The fourth-order valence-electron chi connectivity index (χ4n) is 1.23. The summed E-state index contributed by atoms with van der Waals surface area (Å²) < 4.78 is 10.5. The molecule has 16 heavy (non-hydrogen) atoms. The second-order valence-corrected chi connectivity index (χ2v) is 3.01.